The second-order valence-electron chi connectivity index (χ2n) is 4.15. The summed E-state index contributed by atoms with van der Waals surface area (Å²) in [6.07, 6.45) is 1.14. The van der Waals surface area contributed by atoms with Crippen molar-refractivity contribution in [3.63, 3.8) is 0 Å². The Hall–Kier alpha value is -2.34. The first kappa shape index (κ1) is 15.7. The average molecular weight is 262 g/mol. The van der Waals surface area contributed by atoms with Crippen LogP contribution in [0.5, 0.6) is 0 Å². The monoisotopic (exact) mass is 262 g/mol. The molecule has 0 unspecified atom stereocenters. The number of benzene rings is 3. The molecule has 0 bridgehead atoms. The van der Waals surface area contributed by atoms with Gasteiger partial charge in [0.15, 0.2) is 0 Å². The minimum absolute atomic E-state index is 1.14. The first-order valence-electron chi connectivity index (χ1n) is 6.97. The van der Waals surface area contributed by atoms with Crippen LogP contribution in [0.2, 0.25) is 0 Å². The molecule has 0 radical (unpaired) electrons. The third-order valence-electron chi connectivity index (χ3n) is 2.58. The van der Waals surface area contributed by atoms with Crippen molar-refractivity contribution in [2.24, 2.45) is 0 Å². The van der Waals surface area contributed by atoms with Crippen LogP contribution in [-0.2, 0) is 6.42 Å². The standard InChI is InChI=1S/C8H10.2C6H6/c1-2-8-6-4-3-5-7-8;2*1-2-4-6-5-3-1/h3-7H,2H2,1H3;2*1-6H. The lowest BCUT2D eigenvalue weighted by Crippen LogP contribution is -1.73. The summed E-state index contributed by atoms with van der Waals surface area (Å²) in [6, 6.07) is 34.5. The smallest absolute Gasteiger partial charge is 0.0307 e. The van der Waals surface area contributed by atoms with Crippen LogP contribution in [0.25, 0.3) is 0 Å². The van der Waals surface area contributed by atoms with E-state index in [-0.39, 0.29) is 0 Å². The van der Waals surface area contributed by atoms with Crippen LogP contribution in [-0.4, -0.2) is 0 Å². The fraction of sp³-hybridized carbons (Fsp3) is 0.100. The molecule has 20 heavy (non-hydrogen) atoms. The topological polar surface area (TPSA) is 0 Å². The van der Waals surface area contributed by atoms with Gasteiger partial charge in [0, 0.05) is 0 Å². The normalized spacial score (nSPS) is 8.45. The van der Waals surface area contributed by atoms with Crippen LogP contribution in [0.3, 0.4) is 0 Å². The second kappa shape index (κ2) is 11.7. The number of rotatable bonds is 1. The van der Waals surface area contributed by atoms with Gasteiger partial charge in [0.2, 0.25) is 0 Å². The molecule has 0 spiro atoms. The van der Waals surface area contributed by atoms with Gasteiger partial charge in [-0.25, -0.2) is 0 Å². The summed E-state index contributed by atoms with van der Waals surface area (Å²) in [5.41, 5.74) is 1.41. The highest BCUT2D eigenvalue weighted by Crippen LogP contribution is 1.96. The molecule has 102 valence electrons. The van der Waals surface area contributed by atoms with Gasteiger partial charge < -0.3 is 0 Å². The molecule has 0 atom stereocenters. The number of aryl methyl sites for hydroxylation is 1. The molecule has 3 aromatic rings. The van der Waals surface area contributed by atoms with Gasteiger partial charge >= 0.3 is 0 Å². The van der Waals surface area contributed by atoms with Crippen LogP contribution in [0.15, 0.2) is 103 Å². The molecule has 3 aromatic carbocycles. The maximum Gasteiger partial charge on any atom is -0.0307 e. The summed E-state index contributed by atoms with van der Waals surface area (Å²) in [4.78, 5) is 0. The van der Waals surface area contributed by atoms with Crippen LogP contribution in [0.1, 0.15) is 12.5 Å². The van der Waals surface area contributed by atoms with E-state index in [0.717, 1.165) is 6.42 Å². The Morgan fingerprint density at radius 2 is 0.700 bits per heavy atom. The van der Waals surface area contributed by atoms with Crippen molar-refractivity contribution in [2.45, 2.75) is 13.3 Å². The highest BCUT2D eigenvalue weighted by Gasteiger charge is 1.79. The third-order valence-corrected chi connectivity index (χ3v) is 2.58. The number of hydrogen-bond donors (Lipinski definition) is 0. The van der Waals surface area contributed by atoms with E-state index >= 15 is 0 Å². The quantitative estimate of drug-likeness (QED) is 0.533. The zero-order valence-corrected chi connectivity index (χ0v) is 12.0. The third kappa shape index (κ3) is 8.71. The molecular formula is C20H22. The van der Waals surface area contributed by atoms with Crippen LogP contribution < -0.4 is 0 Å². The Balaban J connectivity index is 0.000000152. The van der Waals surface area contributed by atoms with Gasteiger partial charge in [-0.2, -0.15) is 0 Å². The molecule has 0 heteroatoms. The highest BCUT2D eigenvalue weighted by molar-refractivity contribution is 5.13. The van der Waals surface area contributed by atoms with E-state index in [0.29, 0.717) is 0 Å². The zero-order valence-electron chi connectivity index (χ0n) is 12.0. The highest BCUT2D eigenvalue weighted by atomic mass is 13.9. The molecule has 0 amide bonds. The van der Waals surface area contributed by atoms with E-state index in [9.17, 15) is 0 Å². The van der Waals surface area contributed by atoms with E-state index in [1.807, 2.05) is 78.9 Å². The molecule has 0 fully saturated rings. The van der Waals surface area contributed by atoms with E-state index in [4.69, 9.17) is 0 Å². The summed E-state index contributed by atoms with van der Waals surface area (Å²) in [5, 5.41) is 0. The van der Waals surface area contributed by atoms with Gasteiger partial charge in [0.05, 0.1) is 0 Å². The van der Waals surface area contributed by atoms with Gasteiger partial charge in [-0.05, 0) is 12.0 Å². The minimum atomic E-state index is 1.14. The second-order valence-corrected chi connectivity index (χ2v) is 4.15. The van der Waals surface area contributed by atoms with E-state index in [1.54, 1.807) is 0 Å². The van der Waals surface area contributed by atoms with Crippen molar-refractivity contribution in [2.75, 3.05) is 0 Å². The summed E-state index contributed by atoms with van der Waals surface area (Å²) in [7, 11) is 0. The Labute approximate surface area is 122 Å². The van der Waals surface area contributed by atoms with E-state index < -0.39 is 0 Å². The van der Waals surface area contributed by atoms with Gasteiger partial charge in [0.1, 0.15) is 0 Å². The number of hydrogen-bond acceptors (Lipinski definition) is 0. The molecule has 0 nitrogen and oxygen atoms in total. The molecule has 0 heterocycles. The maximum absolute atomic E-state index is 2.16. The molecule has 0 saturated heterocycles. The predicted molar refractivity (Wildman–Crippen MR) is 88.7 cm³/mol. The van der Waals surface area contributed by atoms with Gasteiger partial charge in [-0.15, -0.1) is 0 Å². The lowest BCUT2D eigenvalue weighted by Gasteiger charge is -1.89. The van der Waals surface area contributed by atoms with Crippen LogP contribution in [0, 0.1) is 0 Å². The Bertz CT molecular complexity index is 415. The zero-order chi connectivity index (χ0) is 14.3. The van der Waals surface area contributed by atoms with Gasteiger partial charge in [0.25, 0.3) is 0 Å². The van der Waals surface area contributed by atoms with Crippen molar-refractivity contribution >= 4 is 0 Å². The minimum Gasteiger partial charge on any atom is -0.0623 e. The maximum atomic E-state index is 2.16. The van der Waals surface area contributed by atoms with E-state index in [1.165, 1.54) is 5.56 Å². The van der Waals surface area contributed by atoms with Crippen molar-refractivity contribution in [3.05, 3.63) is 109 Å². The summed E-state index contributed by atoms with van der Waals surface area (Å²) >= 11 is 0. The fourth-order valence-corrected chi connectivity index (χ4v) is 1.48. The fourth-order valence-electron chi connectivity index (χ4n) is 1.48. The predicted octanol–water partition coefficient (Wildman–Crippen LogP) is 5.62. The van der Waals surface area contributed by atoms with Gasteiger partial charge in [-0.1, -0.05) is 110 Å². The molecule has 3 rings (SSSR count). The largest absolute Gasteiger partial charge is 0.0623 e. The van der Waals surface area contributed by atoms with Crippen molar-refractivity contribution < 1.29 is 0 Å². The summed E-state index contributed by atoms with van der Waals surface area (Å²) in [6.45, 7) is 2.16. The van der Waals surface area contributed by atoms with Crippen LogP contribution in [0.4, 0.5) is 0 Å². The molecule has 0 aliphatic carbocycles. The van der Waals surface area contributed by atoms with E-state index in [2.05, 4.69) is 31.2 Å². The first-order valence-corrected chi connectivity index (χ1v) is 6.97. The molecule has 0 aliphatic rings. The van der Waals surface area contributed by atoms with Crippen LogP contribution >= 0.6 is 0 Å². The lowest BCUT2D eigenvalue weighted by molar-refractivity contribution is 1.14. The summed E-state index contributed by atoms with van der Waals surface area (Å²) < 4.78 is 0. The lowest BCUT2D eigenvalue weighted by atomic mass is 10.2. The first-order chi connectivity index (χ1) is 9.93. The Morgan fingerprint density at radius 1 is 0.450 bits per heavy atom. The van der Waals surface area contributed by atoms with Gasteiger partial charge in [-0.3, -0.25) is 0 Å². The van der Waals surface area contributed by atoms with Crippen molar-refractivity contribution in [1.29, 1.82) is 0 Å². The average Bonchev–Trinajstić information content (AvgIpc) is 2.60. The Kier molecular flexibility index (Phi) is 9.22. The molecular weight excluding hydrogens is 240 g/mol. The molecule has 0 aromatic heterocycles. The van der Waals surface area contributed by atoms with Crippen molar-refractivity contribution in [1.82, 2.24) is 0 Å². The SMILES string of the molecule is CCc1ccccc1.c1ccccc1.c1ccccc1. The molecule has 0 saturated carbocycles. The Morgan fingerprint density at radius 3 is 0.900 bits per heavy atom. The summed E-state index contributed by atoms with van der Waals surface area (Å²) in [5.74, 6) is 0. The van der Waals surface area contributed by atoms with Crippen molar-refractivity contribution in [3.8, 4) is 0 Å². The molecule has 0 aliphatic heterocycles. The molecule has 0 N–H and O–H groups in total.